The van der Waals surface area contributed by atoms with Gasteiger partial charge in [0.05, 0.1) is 16.8 Å². The maximum atomic E-state index is 13.0. The summed E-state index contributed by atoms with van der Waals surface area (Å²) in [6.45, 7) is 3.10. The summed E-state index contributed by atoms with van der Waals surface area (Å²) in [4.78, 5) is 8.92. The molecule has 0 saturated heterocycles. The molecule has 0 aliphatic heterocycles. The van der Waals surface area contributed by atoms with Crippen LogP contribution in [0.4, 0.5) is 10.2 Å². The number of hydrogen-bond acceptors (Lipinski definition) is 4. The molecule has 6 heteroatoms. The lowest BCUT2D eigenvalue weighted by Crippen LogP contribution is -2.06. The molecule has 2 rings (SSSR count). The number of nitrogens with zero attached hydrogens (tertiary/aromatic N) is 2. The predicted molar refractivity (Wildman–Crippen MR) is 80.0 cm³/mol. The molecule has 1 aromatic carbocycles. The zero-order chi connectivity index (χ0) is 14.5. The number of benzene rings is 1. The number of ether oxygens (including phenoxy) is 1. The van der Waals surface area contributed by atoms with Gasteiger partial charge in [-0.3, -0.25) is 0 Å². The van der Waals surface area contributed by atoms with Crippen molar-refractivity contribution in [2.24, 2.45) is 0 Å². The molecule has 0 unspecified atom stereocenters. The van der Waals surface area contributed by atoms with Gasteiger partial charge in [-0.15, -0.1) is 0 Å². The summed E-state index contributed by atoms with van der Waals surface area (Å²) in [5, 5.41) is 3.17. The van der Waals surface area contributed by atoms with Crippen molar-refractivity contribution in [3.63, 3.8) is 0 Å². The summed E-state index contributed by atoms with van der Waals surface area (Å²) in [5.74, 6) is 0.958. The Morgan fingerprint density at radius 1 is 1.25 bits per heavy atom. The third-order valence-electron chi connectivity index (χ3n) is 2.65. The first-order valence-corrected chi connectivity index (χ1v) is 7.00. The number of nitrogens with one attached hydrogen (secondary N) is 1. The molecule has 2 aromatic rings. The second-order valence-corrected chi connectivity index (χ2v) is 4.92. The summed E-state index contributed by atoms with van der Waals surface area (Å²) in [7, 11) is 1.61. The number of methoxy groups -OCH3 is 1. The highest BCUT2D eigenvalue weighted by molar-refractivity contribution is 9.10. The van der Waals surface area contributed by atoms with Crippen LogP contribution in [-0.2, 0) is 11.3 Å². The van der Waals surface area contributed by atoms with Crippen LogP contribution in [0.5, 0.6) is 0 Å². The predicted octanol–water partition coefficient (Wildman–Crippen LogP) is 3.62. The number of aromatic nitrogens is 2. The zero-order valence-corrected chi connectivity index (χ0v) is 12.9. The van der Waals surface area contributed by atoms with E-state index in [4.69, 9.17) is 4.74 Å². The minimum atomic E-state index is -0.283. The van der Waals surface area contributed by atoms with Gasteiger partial charge >= 0.3 is 0 Å². The molecule has 106 valence electrons. The lowest BCUT2D eigenvalue weighted by Gasteiger charge is -2.12. The fourth-order valence-corrected chi connectivity index (χ4v) is 2.17. The van der Waals surface area contributed by atoms with Gasteiger partial charge in [0.2, 0.25) is 0 Å². The Hall–Kier alpha value is -1.53. The SMILES string of the molecule is CCNc1nc(-c2ccc(F)cc2)nc(COC)c1Br. The Morgan fingerprint density at radius 3 is 2.55 bits per heavy atom. The maximum Gasteiger partial charge on any atom is 0.161 e. The van der Waals surface area contributed by atoms with Crippen molar-refractivity contribution in [2.75, 3.05) is 19.0 Å². The molecule has 0 spiro atoms. The first kappa shape index (κ1) is 14.9. The van der Waals surface area contributed by atoms with Gasteiger partial charge < -0.3 is 10.1 Å². The Labute approximate surface area is 125 Å². The summed E-state index contributed by atoms with van der Waals surface area (Å²) < 4.78 is 18.9. The third kappa shape index (κ3) is 3.32. The number of halogens is 2. The van der Waals surface area contributed by atoms with E-state index in [-0.39, 0.29) is 5.82 Å². The van der Waals surface area contributed by atoms with Gasteiger partial charge in [-0.1, -0.05) is 0 Å². The highest BCUT2D eigenvalue weighted by Crippen LogP contribution is 2.27. The molecule has 0 atom stereocenters. The number of rotatable bonds is 5. The van der Waals surface area contributed by atoms with Crippen LogP contribution in [0, 0.1) is 5.82 Å². The van der Waals surface area contributed by atoms with Crippen LogP contribution in [0.1, 0.15) is 12.6 Å². The average Bonchev–Trinajstić information content (AvgIpc) is 2.44. The van der Waals surface area contributed by atoms with Gasteiger partial charge in [0, 0.05) is 19.2 Å². The standard InChI is InChI=1S/C14H15BrFN3O/c1-3-17-14-12(15)11(8-20-2)18-13(19-14)9-4-6-10(16)7-5-9/h4-7H,3,8H2,1-2H3,(H,17,18,19). The molecule has 1 N–H and O–H groups in total. The van der Waals surface area contributed by atoms with Crippen LogP contribution in [0.3, 0.4) is 0 Å². The first-order valence-electron chi connectivity index (χ1n) is 6.20. The zero-order valence-electron chi connectivity index (χ0n) is 11.3. The van der Waals surface area contributed by atoms with Gasteiger partial charge in [0.15, 0.2) is 5.82 Å². The Morgan fingerprint density at radius 2 is 1.95 bits per heavy atom. The van der Waals surface area contributed by atoms with Crippen molar-refractivity contribution < 1.29 is 9.13 Å². The van der Waals surface area contributed by atoms with Crippen molar-refractivity contribution >= 4 is 21.7 Å². The fourth-order valence-electron chi connectivity index (χ4n) is 1.74. The molecule has 4 nitrogen and oxygen atoms in total. The van der Waals surface area contributed by atoms with Crippen molar-refractivity contribution in [2.45, 2.75) is 13.5 Å². The van der Waals surface area contributed by atoms with Gasteiger partial charge in [0.1, 0.15) is 11.6 Å². The summed E-state index contributed by atoms with van der Waals surface area (Å²) in [6.07, 6.45) is 0. The molecule has 0 fully saturated rings. The smallest absolute Gasteiger partial charge is 0.161 e. The van der Waals surface area contributed by atoms with Crippen molar-refractivity contribution in [3.05, 3.63) is 40.2 Å². The minimum Gasteiger partial charge on any atom is -0.378 e. The normalized spacial score (nSPS) is 10.6. The van der Waals surface area contributed by atoms with Crippen LogP contribution < -0.4 is 5.32 Å². The van der Waals surface area contributed by atoms with E-state index >= 15 is 0 Å². The van der Waals surface area contributed by atoms with Crippen molar-refractivity contribution in [3.8, 4) is 11.4 Å². The molecule has 0 amide bonds. The molecule has 0 aliphatic rings. The quantitative estimate of drug-likeness (QED) is 0.903. The van der Waals surface area contributed by atoms with Crippen LogP contribution in [-0.4, -0.2) is 23.6 Å². The van der Waals surface area contributed by atoms with Crippen LogP contribution in [0.25, 0.3) is 11.4 Å². The Bertz CT molecular complexity index is 562. The van der Waals surface area contributed by atoms with E-state index in [1.807, 2.05) is 6.92 Å². The fraction of sp³-hybridized carbons (Fsp3) is 0.286. The average molecular weight is 340 g/mol. The third-order valence-corrected chi connectivity index (χ3v) is 3.48. The number of hydrogen-bond donors (Lipinski definition) is 1. The molecule has 1 aromatic heterocycles. The van der Waals surface area contributed by atoms with Gasteiger partial charge in [-0.05, 0) is 47.1 Å². The van der Waals surface area contributed by atoms with Gasteiger partial charge in [-0.2, -0.15) is 0 Å². The summed E-state index contributed by atoms with van der Waals surface area (Å²) in [5.41, 5.74) is 1.51. The van der Waals surface area contributed by atoms with Gasteiger partial charge in [-0.25, -0.2) is 14.4 Å². The lowest BCUT2D eigenvalue weighted by atomic mass is 10.2. The molecular weight excluding hydrogens is 325 g/mol. The topological polar surface area (TPSA) is 47.0 Å². The second kappa shape index (κ2) is 6.76. The largest absolute Gasteiger partial charge is 0.378 e. The van der Waals surface area contributed by atoms with Crippen molar-refractivity contribution in [1.82, 2.24) is 9.97 Å². The minimum absolute atomic E-state index is 0.283. The second-order valence-electron chi connectivity index (χ2n) is 4.13. The molecule has 1 heterocycles. The number of anilines is 1. The van der Waals surface area contributed by atoms with Crippen LogP contribution in [0.2, 0.25) is 0 Å². The van der Waals surface area contributed by atoms with Crippen molar-refractivity contribution in [1.29, 1.82) is 0 Å². The van der Waals surface area contributed by atoms with E-state index < -0.39 is 0 Å². The van der Waals surface area contributed by atoms with Crippen LogP contribution >= 0.6 is 15.9 Å². The van der Waals surface area contributed by atoms with E-state index in [0.29, 0.717) is 18.2 Å². The van der Waals surface area contributed by atoms with E-state index in [0.717, 1.165) is 22.3 Å². The first-order chi connectivity index (χ1) is 9.65. The van der Waals surface area contributed by atoms with E-state index in [1.165, 1.54) is 12.1 Å². The van der Waals surface area contributed by atoms with E-state index in [9.17, 15) is 4.39 Å². The monoisotopic (exact) mass is 339 g/mol. The Balaban J connectivity index is 2.49. The van der Waals surface area contributed by atoms with E-state index in [1.54, 1.807) is 19.2 Å². The molecule has 0 bridgehead atoms. The molecular formula is C14H15BrFN3O. The molecule has 0 saturated carbocycles. The van der Waals surface area contributed by atoms with E-state index in [2.05, 4.69) is 31.2 Å². The lowest BCUT2D eigenvalue weighted by molar-refractivity contribution is 0.181. The van der Waals surface area contributed by atoms with Crippen LogP contribution in [0.15, 0.2) is 28.7 Å². The molecule has 0 radical (unpaired) electrons. The highest BCUT2D eigenvalue weighted by atomic mass is 79.9. The van der Waals surface area contributed by atoms with Gasteiger partial charge in [0.25, 0.3) is 0 Å². The maximum absolute atomic E-state index is 13.0. The Kier molecular flexibility index (Phi) is 5.03. The molecule has 0 aliphatic carbocycles. The highest BCUT2D eigenvalue weighted by Gasteiger charge is 2.13. The molecule has 20 heavy (non-hydrogen) atoms. The summed E-state index contributed by atoms with van der Waals surface area (Å²) in [6, 6.07) is 6.10. The summed E-state index contributed by atoms with van der Waals surface area (Å²) >= 11 is 3.47.